The van der Waals surface area contributed by atoms with Gasteiger partial charge in [-0.3, -0.25) is 9.00 Å². The van der Waals surface area contributed by atoms with Crippen LogP contribution >= 0.6 is 0 Å². The minimum atomic E-state index is -0.831. The first-order valence-corrected chi connectivity index (χ1v) is 9.30. The highest BCUT2D eigenvalue weighted by atomic mass is 32.2. The molecular formula is C19H21NO2S. The SMILES string of the molecule is C[C@@H]1[C@H](C)[S@@](=O)CCN1C(=O)c1ccc(-c2ccccc2)cc1. The van der Waals surface area contributed by atoms with Gasteiger partial charge in [0.25, 0.3) is 5.91 Å². The number of carbonyl (C=O) groups excluding carboxylic acids is 1. The molecule has 3 atom stereocenters. The lowest BCUT2D eigenvalue weighted by Gasteiger charge is -2.37. The molecule has 1 aliphatic rings. The predicted octanol–water partition coefficient (Wildman–Crippen LogP) is 3.34. The van der Waals surface area contributed by atoms with Crippen molar-refractivity contribution < 1.29 is 9.00 Å². The molecule has 0 unspecified atom stereocenters. The molecule has 2 aromatic carbocycles. The largest absolute Gasteiger partial charge is 0.334 e. The minimum absolute atomic E-state index is 0.00545. The van der Waals surface area contributed by atoms with Crippen molar-refractivity contribution in [2.24, 2.45) is 0 Å². The summed E-state index contributed by atoms with van der Waals surface area (Å²) in [5, 5.41) is 0.0243. The Morgan fingerprint density at radius 2 is 1.61 bits per heavy atom. The van der Waals surface area contributed by atoms with E-state index in [0.29, 0.717) is 17.9 Å². The van der Waals surface area contributed by atoms with Gasteiger partial charge in [-0.2, -0.15) is 0 Å². The second kappa shape index (κ2) is 6.67. The average Bonchev–Trinajstić information content (AvgIpc) is 2.60. The lowest BCUT2D eigenvalue weighted by Crippen LogP contribution is -2.52. The topological polar surface area (TPSA) is 37.4 Å². The maximum atomic E-state index is 12.7. The van der Waals surface area contributed by atoms with Crippen LogP contribution in [0.25, 0.3) is 11.1 Å². The van der Waals surface area contributed by atoms with Crippen LogP contribution in [-0.2, 0) is 10.8 Å². The Labute approximate surface area is 139 Å². The predicted molar refractivity (Wildman–Crippen MR) is 94.8 cm³/mol. The van der Waals surface area contributed by atoms with Crippen molar-refractivity contribution in [1.82, 2.24) is 4.90 Å². The zero-order valence-corrected chi connectivity index (χ0v) is 14.3. The molecule has 1 saturated heterocycles. The van der Waals surface area contributed by atoms with Crippen molar-refractivity contribution in [3.8, 4) is 11.1 Å². The molecule has 1 fully saturated rings. The monoisotopic (exact) mass is 327 g/mol. The van der Waals surface area contributed by atoms with Crippen LogP contribution in [0.3, 0.4) is 0 Å². The third-order valence-corrected chi connectivity index (χ3v) is 6.43. The third-order valence-electron chi connectivity index (χ3n) is 4.62. The van der Waals surface area contributed by atoms with Crippen LogP contribution in [-0.4, -0.2) is 38.6 Å². The van der Waals surface area contributed by atoms with Gasteiger partial charge in [-0.1, -0.05) is 42.5 Å². The molecule has 120 valence electrons. The first-order valence-electron chi connectivity index (χ1n) is 7.91. The van der Waals surface area contributed by atoms with Crippen LogP contribution in [0.5, 0.6) is 0 Å². The summed E-state index contributed by atoms with van der Waals surface area (Å²) in [6, 6.07) is 17.9. The maximum Gasteiger partial charge on any atom is 0.254 e. The highest BCUT2D eigenvalue weighted by molar-refractivity contribution is 7.85. The molecule has 1 heterocycles. The number of hydrogen-bond acceptors (Lipinski definition) is 2. The molecular weight excluding hydrogens is 306 g/mol. The molecule has 0 N–H and O–H groups in total. The molecule has 23 heavy (non-hydrogen) atoms. The van der Waals surface area contributed by atoms with E-state index in [-0.39, 0.29) is 17.2 Å². The Balaban J connectivity index is 1.79. The third kappa shape index (κ3) is 3.22. The molecule has 0 spiro atoms. The van der Waals surface area contributed by atoms with E-state index in [4.69, 9.17) is 0 Å². The van der Waals surface area contributed by atoms with Gasteiger partial charge in [-0.25, -0.2) is 0 Å². The number of benzene rings is 2. The molecule has 3 rings (SSSR count). The van der Waals surface area contributed by atoms with Crippen LogP contribution in [0.2, 0.25) is 0 Å². The number of hydrogen-bond donors (Lipinski definition) is 0. The van der Waals surface area contributed by atoms with Gasteiger partial charge in [-0.05, 0) is 37.1 Å². The molecule has 4 heteroatoms. The summed E-state index contributed by atoms with van der Waals surface area (Å²) < 4.78 is 11.9. The molecule has 2 aromatic rings. The highest BCUT2D eigenvalue weighted by Gasteiger charge is 2.33. The molecule has 0 saturated carbocycles. The summed E-state index contributed by atoms with van der Waals surface area (Å²) in [5.41, 5.74) is 2.93. The molecule has 0 aromatic heterocycles. The van der Waals surface area contributed by atoms with Gasteiger partial charge in [0, 0.05) is 34.7 Å². The van der Waals surface area contributed by atoms with Crippen molar-refractivity contribution >= 4 is 16.7 Å². The van der Waals surface area contributed by atoms with E-state index in [9.17, 15) is 9.00 Å². The van der Waals surface area contributed by atoms with Crippen LogP contribution < -0.4 is 0 Å². The van der Waals surface area contributed by atoms with Crippen LogP contribution in [0.1, 0.15) is 24.2 Å². The van der Waals surface area contributed by atoms with Crippen LogP contribution in [0.4, 0.5) is 0 Å². The Kier molecular flexibility index (Phi) is 4.62. The van der Waals surface area contributed by atoms with E-state index in [0.717, 1.165) is 11.1 Å². The zero-order valence-electron chi connectivity index (χ0n) is 13.4. The highest BCUT2D eigenvalue weighted by Crippen LogP contribution is 2.22. The van der Waals surface area contributed by atoms with Gasteiger partial charge < -0.3 is 4.90 Å². The van der Waals surface area contributed by atoms with E-state index in [1.807, 2.05) is 61.2 Å². The summed E-state index contributed by atoms with van der Waals surface area (Å²) in [6.07, 6.45) is 0. The maximum absolute atomic E-state index is 12.7. The number of carbonyl (C=O) groups is 1. The summed E-state index contributed by atoms with van der Waals surface area (Å²) in [5.74, 6) is 0.597. The Hall–Kier alpha value is -1.94. The van der Waals surface area contributed by atoms with Crippen LogP contribution in [0.15, 0.2) is 54.6 Å². The lowest BCUT2D eigenvalue weighted by molar-refractivity contribution is 0.0695. The lowest BCUT2D eigenvalue weighted by atomic mass is 10.0. The summed E-state index contributed by atoms with van der Waals surface area (Å²) >= 11 is 0. The van der Waals surface area contributed by atoms with Gasteiger partial charge in [0.15, 0.2) is 0 Å². The van der Waals surface area contributed by atoms with E-state index in [1.165, 1.54) is 0 Å². The molecule has 0 aliphatic carbocycles. The Morgan fingerprint density at radius 3 is 2.26 bits per heavy atom. The van der Waals surface area contributed by atoms with E-state index in [1.54, 1.807) is 0 Å². The quantitative estimate of drug-likeness (QED) is 0.848. The molecule has 0 radical (unpaired) electrons. The Morgan fingerprint density at radius 1 is 1.00 bits per heavy atom. The standard InChI is InChI=1S/C19H21NO2S/c1-14-15(2)23(22)13-12-20(14)19(21)18-10-8-17(9-11-18)16-6-4-3-5-7-16/h3-11,14-15H,12-13H2,1-2H3/t14-,15+,23+/m1/s1. The van der Waals surface area contributed by atoms with E-state index < -0.39 is 10.8 Å². The summed E-state index contributed by atoms with van der Waals surface area (Å²) in [4.78, 5) is 14.6. The fraction of sp³-hybridized carbons (Fsp3) is 0.316. The fourth-order valence-electron chi connectivity index (χ4n) is 2.94. The van der Waals surface area contributed by atoms with Gasteiger partial charge in [-0.15, -0.1) is 0 Å². The average molecular weight is 327 g/mol. The second-order valence-corrected chi connectivity index (χ2v) is 7.89. The first-order chi connectivity index (χ1) is 11.1. The van der Waals surface area contributed by atoms with E-state index >= 15 is 0 Å². The Bertz CT molecular complexity index is 712. The molecule has 1 amide bonds. The van der Waals surface area contributed by atoms with Crippen molar-refractivity contribution in [2.45, 2.75) is 25.1 Å². The molecule has 0 bridgehead atoms. The van der Waals surface area contributed by atoms with Crippen molar-refractivity contribution in [3.05, 3.63) is 60.2 Å². The van der Waals surface area contributed by atoms with Gasteiger partial charge >= 0.3 is 0 Å². The number of nitrogens with zero attached hydrogens (tertiary/aromatic N) is 1. The summed E-state index contributed by atoms with van der Waals surface area (Å²) in [7, 11) is -0.831. The van der Waals surface area contributed by atoms with Crippen molar-refractivity contribution in [1.29, 1.82) is 0 Å². The fourth-order valence-corrected chi connectivity index (χ4v) is 4.27. The number of amides is 1. The van der Waals surface area contributed by atoms with Gasteiger partial charge in [0.05, 0.1) is 5.25 Å². The van der Waals surface area contributed by atoms with Crippen molar-refractivity contribution in [2.75, 3.05) is 12.3 Å². The van der Waals surface area contributed by atoms with E-state index in [2.05, 4.69) is 12.1 Å². The zero-order chi connectivity index (χ0) is 16.4. The van der Waals surface area contributed by atoms with Gasteiger partial charge in [0.1, 0.15) is 0 Å². The first kappa shape index (κ1) is 15.9. The van der Waals surface area contributed by atoms with Gasteiger partial charge in [0.2, 0.25) is 0 Å². The minimum Gasteiger partial charge on any atom is -0.334 e. The van der Waals surface area contributed by atoms with Crippen molar-refractivity contribution in [3.63, 3.8) is 0 Å². The summed E-state index contributed by atoms with van der Waals surface area (Å²) in [6.45, 7) is 4.51. The molecule has 3 nitrogen and oxygen atoms in total. The normalized spacial score (nSPS) is 24.4. The smallest absolute Gasteiger partial charge is 0.254 e. The van der Waals surface area contributed by atoms with Crippen LogP contribution in [0, 0.1) is 0 Å². The second-order valence-electron chi connectivity index (χ2n) is 5.97. The molecule has 1 aliphatic heterocycles. The number of rotatable bonds is 2.